The third-order valence-corrected chi connectivity index (χ3v) is 6.58. The Hall–Kier alpha value is -2.29. The minimum absolute atomic E-state index is 0.223. The van der Waals surface area contributed by atoms with Crippen molar-refractivity contribution in [2.24, 2.45) is 4.99 Å². The van der Waals surface area contributed by atoms with Gasteiger partial charge in [-0.2, -0.15) is 13.2 Å². The van der Waals surface area contributed by atoms with Crippen molar-refractivity contribution in [2.45, 2.75) is 24.9 Å². The molecule has 2 aromatic rings. The van der Waals surface area contributed by atoms with Crippen LogP contribution in [-0.4, -0.2) is 37.8 Å². The summed E-state index contributed by atoms with van der Waals surface area (Å²) in [5.74, 6) is -1.82. The van der Waals surface area contributed by atoms with Gasteiger partial charge in [-0.25, -0.2) is 0 Å². The average molecular weight is 522 g/mol. The Balaban J connectivity index is 1.90. The lowest BCUT2D eigenvalue weighted by atomic mass is 9.79. The summed E-state index contributed by atoms with van der Waals surface area (Å²) in [7, 11) is 1.10. The Morgan fingerprint density at radius 3 is 2.36 bits per heavy atom. The number of nitrogens with zero attached hydrogens (tertiary/aromatic N) is 1. The van der Waals surface area contributed by atoms with Gasteiger partial charge in [-0.15, -0.1) is 0 Å². The molecule has 11 heteroatoms. The van der Waals surface area contributed by atoms with Crippen LogP contribution in [0, 0.1) is 0 Å². The molecule has 0 radical (unpaired) electrons. The number of halogens is 6. The molecule has 3 rings (SSSR count). The maximum Gasteiger partial charge on any atom is 0.417 e. The number of hydrogen-bond acceptors (Lipinski definition) is 4. The second-order valence-electron chi connectivity index (χ2n) is 7.77. The molecule has 0 spiro atoms. The molecule has 1 aliphatic rings. The number of benzene rings is 2. The monoisotopic (exact) mass is 520 g/mol. The van der Waals surface area contributed by atoms with Crippen LogP contribution in [0.2, 0.25) is 15.1 Å². The normalized spacial score (nSPS) is 18.1. The third kappa shape index (κ3) is 5.45. The number of alkyl halides is 3. The molecule has 0 fully saturated rings. The van der Waals surface area contributed by atoms with E-state index in [9.17, 15) is 22.8 Å². The van der Waals surface area contributed by atoms with Crippen molar-refractivity contribution in [1.29, 1.82) is 0 Å². The number of nitrogens with one attached hydrogen (secondary N) is 1. The van der Waals surface area contributed by atoms with Gasteiger partial charge < -0.3 is 10.1 Å². The van der Waals surface area contributed by atoms with Gasteiger partial charge in [0, 0.05) is 24.1 Å². The summed E-state index contributed by atoms with van der Waals surface area (Å²) < 4.78 is 45.6. The molecular formula is C22H18Cl3F3N2O3. The van der Waals surface area contributed by atoms with E-state index in [0.29, 0.717) is 18.7 Å². The number of amides is 1. The van der Waals surface area contributed by atoms with Crippen molar-refractivity contribution in [2.75, 3.05) is 20.2 Å². The first-order valence-corrected chi connectivity index (χ1v) is 10.7. The quantitative estimate of drug-likeness (QED) is 0.404. The molecule has 176 valence electrons. The molecule has 1 amide bonds. The molecule has 1 atom stereocenters. The van der Waals surface area contributed by atoms with Gasteiger partial charge in [-0.05, 0) is 35.4 Å². The van der Waals surface area contributed by atoms with Gasteiger partial charge in [0.25, 0.3) is 5.91 Å². The summed E-state index contributed by atoms with van der Waals surface area (Å²) in [6, 6.07) is 6.70. The van der Waals surface area contributed by atoms with Gasteiger partial charge in [-0.3, -0.25) is 14.6 Å². The van der Waals surface area contributed by atoms with Crippen LogP contribution in [-0.2, 0) is 21.1 Å². The Kier molecular flexibility index (Phi) is 7.31. The number of hydrogen-bond donors (Lipinski definition) is 1. The first-order valence-electron chi connectivity index (χ1n) is 9.60. The van der Waals surface area contributed by atoms with Gasteiger partial charge in [0.1, 0.15) is 6.54 Å². The maximum atomic E-state index is 13.7. The smallest absolute Gasteiger partial charge is 0.417 e. The Morgan fingerprint density at radius 2 is 1.79 bits per heavy atom. The molecule has 0 saturated carbocycles. The van der Waals surface area contributed by atoms with Crippen molar-refractivity contribution >= 4 is 52.4 Å². The van der Waals surface area contributed by atoms with E-state index in [1.807, 2.05) is 6.92 Å². The Labute approximate surface area is 202 Å². The van der Waals surface area contributed by atoms with Gasteiger partial charge in [0.05, 0.1) is 33.3 Å². The van der Waals surface area contributed by atoms with Crippen molar-refractivity contribution in [1.82, 2.24) is 5.32 Å². The zero-order chi connectivity index (χ0) is 24.6. The fourth-order valence-electron chi connectivity index (χ4n) is 3.52. The highest BCUT2D eigenvalue weighted by Gasteiger charge is 2.38. The lowest BCUT2D eigenvalue weighted by molar-refractivity contribution is -0.139. The summed E-state index contributed by atoms with van der Waals surface area (Å²) in [6.45, 7) is 1.66. The first-order chi connectivity index (χ1) is 15.4. The highest BCUT2D eigenvalue weighted by molar-refractivity contribution is 6.48. The highest BCUT2D eigenvalue weighted by Crippen LogP contribution is 2.41. The van der Waals surface area contributed by atoms with Crippen LogP contribution in [0.4, 0.5) is 13.2 Å². The number of esters is 1. The van der Waals surface area contributed by atoms with Crippen LogP contribution in [0.1, 0.15) is 40.4 Å². The molecule has 0 aromatic heterocycles. The van der Waals surface area contributed by atoms with Gasteiger partial charge in [-0.1, -0.05) is 47.8 Å². The second kappa shape index (κ2) is 9.52. The van der Waals surface area contributed by atoms with Crippen molar-refractivity contribution in [3.63, 3.8) is 0 Å². The van der Waals surface area contributed by atoms with E-state index in [-0.39, 0.29) is 20.6 Å². The first kappa shape index (κ1) is 25.3. The number of methoxy groups -OCH3 is 1. The molecule has 0 bridgehead atoms. The van der Waals surface area contributed by atoms with Crippen LogP contribution >= 0.6 is 34.8 Å². The minimum Gasteiger partial charge on any atom is -0.468 e. The molecule has 1 heterocycles. The fraction of sp³-hybridized carbons (Fsp3) is 0.318. The van der Waals surface area contributed by atoms with Crippen LogP contribution in [0.15, 0.2) is 35.3 Å². The van der Waals surface area contributed by atoms with Crippen LogP contribution in [0.25, 0.3) is 0 Å². The largest absolute Gasteiger partial charge is 0.468 e. The molecule has 1 unspecified atom stereocenters. The summed E-state index contributed by atoms with van der Waals surface area (Å²) in [6.07, 6.45) is -4.47. The van der Waals surface area contributed by atoms with Gasteiger partial charge in [0.15, 0.2) is 0 Å². The topological polar surface area (TPSA) is 67.8 Å². The van der Waals surface area contributed by atoms with Crippen molar-refractivity contribution in [3.8, 4) is 0 Å². The molecule has 5 nitrogen and oxygen atoms in total. The van der Waals surface area contributed by atoms with Crippen molar-refractivity contribution < 1.29 is 27.5 Å². The molecular weight excluding hydrogens is 504 g/mol. The Morgan fingerprint density at radius 1 is 1.15 bits per heavy atom. The lowest BCUT2D eigenvalue weighted by Gasteiger charge is -2.24. The standard InChI is InChI=1S/C22H18Cl3F3N2O3/c1-21(12-6-15(23)19(25)16(24)7-12)8-17(30-10-21)11-3-4-13(14(5-11)22(26,27)28)20(32)29-9-18(31)33-2/h3-7H,8-10H2,1-2H3,(H,29,32). The minimum atomic E-state index is -4.80. The van der Waals surface area contributed by atoms with E-state index in [1.165, 1.54) is 6.07 Å². The summed E-state index contributed by atoms with van der Waals surface area (Å²) >= 11 is 18.3. The van der Waals surface area contributed by atoms with E-state index in [0.717, 1.165) is 24.8 Å². The summed E-state index contributed by atoms with van der Waals surface area (Å²) in [4.78, 5) is 27.9. The number of carbonyl (C=O) groups is 2. The van der Waals surface area contributed by atoms with Gasteiger partial charge in [0.2, 0.25) is 0 Å². The van der Waals surface area contributed by atoms with E-state index < -0.39 is 41.1 Å². The number of rotatable bonds is 5. The predicted molar refractivity (Wildman–Crippen MR) is 121 cm³/mol. The SMILES string of the molecule is COC(=O)CNC(=O)c1ccc(C2=NCC(C)(c3cc(Cl)c(Cl)c(Cl)c3)C2)cc1C(F)(F)F. The molecule has 1 aliphatic heterocycles. The third-order valence-electron chi connectivity index (χ3n) is 5.38. The fourth-order valence-corrected chi connectivity index (χ4v) is 4.11. The Bertz CT molecular complexity index is 1130. The summed E-state index contributed by atoms with van der Waals surface area (Å²) in [5.41, 5.74) is -0.838. The maximum absolute atomic E-state index is 13.7. The highest BCUT2D eigenvalue weighted by atomic mass is 35.5. The van der Waals surface area contributed by atoms with Gasteiger partial charge >= 0.3 is 12.1 Å². The molecule has 33 heavy (non-hydrogen) atoms. The summed E-state index contributed by atoms with van der Waals surface area (Å²) in [5, 5.41) is 2.89. The lowest BCUT2D eigenvalue weighted by Crippen LogP contribution is -2.31. The average Bonchev–Trinajstić information content (AvgIpc) is 3.17. The molecule has 2 aromatic carbocycles. The van der Waals surface area contributed by atoms with E-state index in [1.54, 1.807) is 12.1 Å². The number of ether oxygens (including phenoxy) is 1. The van der Waals surface area contributed by atoms with Crippen LogP contribution in [0.5, 0.6) is 0 Å². The zero-order valence-electron chi connectivity index (χ0n) is 17.4. The van der Waals surface area contributed by atoms with Crippen LogP contribution < -0.4 is 5.32 Å². The van der Waals surface area contributed by atoms with E-state index in [2.05, 4.69) is 15.0 Å². The number of carbonyl (C=O) groups excluding carboxylic acids is 2. The molecule has 1 N–H and O–H groups in total. The molecule has 0 saturated heterocycles. The van der Waals surface area contributed by atoms with E-state index in [4.69, 9.17) is 34.8 Å². The zero-order valence-corrected chi connectivity index (χ0v) is 19.7. The van der Waals surface area contributed by atoms with Crippen LogP contribution in [0.3, 0.4) is 0 Å². The predicted octanol–water partition coefficient (Wildman–Crippen LogP) is 5.72. The molecule has 0 aliphatic carbocycles. The number of aliphatic imine (C=N–C) groups is 1. The second-order valence-corrected chi connectivity index (χ2v) is 8.96. The van der Waals surface area contributed by atoms with E-state index >= 15 is 0 Å². The van der Waals surface area contributed by atoms with Crippen molar-refractivity contribution in [3.05, 3.63) is 67.7 Å².